The van der Waals surface area contributed by atoms with Crippen molar-refractivity contribution in [3.8, 4) is 34.1 Å². The molecule has 0 fully saturated rings. The second-order valence-corrected chi connectivity index (χ2v) is 14.3. The molecule has 3 aromatic heterocycles. The number of pyridine rings is 1. The quantitative estimate of drug-likeness (QED) is 0.150. The molecular weight excluding hydrogens is 784 g/mol. The Morgan fingerprint density at radius 1 is 0.755 bits per heavy atom. The van der Waals surface area contributed by atoms with Gasteiger partial charge in [-0.1, -0.05) is 102 Å². The molecule has 5 nitrogen and oxygen atoms in total. The van der Waals surface area contributed by atoms with Gasteiger partial charge in [0.1, 0.15) is 5.82 Å². The van der Waals surface area contributed by atoms with Gasteiger partial charge in [-0.25, -0.2) is 4.98 Å². The summed E-state index contributed by atoms with van der Waals surface area (Å²) in [6.45, 7) is 17.7. The number of hydrogen-bond acceptors (Lipinski definition) is 3. The number of ether oxygens (including phenoxy) is 1. The Bertz CT molecular complexity index is 2270. The van der Waals surface area contributed by atoms with Gasteiger partial charge in [-0.3, -0.25) is 4.68 Å². The minimum absolute atomic E-state index is 0. The summed E-state index contributed by atoms with van der Waals surface area (Å²) in [7, 11) is 0. The number of aryl methyl sites for hydroxylation is 1. The number of nitrogens with zero attached hydrogens (tertiary/aromatic N) is 4. The minimum Gasteiger partial charge on any atom is -0.509 e. The molecule has 250 valence electrons. The zero-order valence-corrected chi connectivity index (χ0v) is 31.7. The van der Waals surface area contributed by atoms with Crippen LogP contribution in [0.2, 0.25) is 0 Å². The molecule has 49 heavy (non-hydrogen) atoms. The molecule has 0 aliphatic rings. The number of rotatable bonds is 7. The van der Waals surface area contributed by atoms with Crippen molar-refractivity contribution in [3.63, 3.8) is 0 Å². The Balaban J connectivity index is 0.00000417. The van der Waals surface area contributed by atoms with E-state index in [4.69, 9.17) is 14.8 Å². The Hall–Kier alpha value is -4.47. The molecular formula is C43H42N4OPt. The summed E-state index contributed by atoms with van der Waals surface area (Å²) in [5.41, 5.74) is 9.94. The fraction of sp³-hybridized carbons (Fsp3) is 0.256. The smallest absolute Gasteiger partial charge is 0.509 e. The first-order valence-electron chi connectivity index (χ1n) is 16.8. The van der Waals surface area contributed by atoms with Gasteiger partial charge in [-0.15, -0.1) is 35.7 Å². The van der Waals surface area contributed by atoms with E-state index in [0.717, 1.165) is 39.0 Å². The predicted molar refractivity (Wildman–Crippen MR) is 197 cm³/mol. The van der Waals surface area contributed by atoms with E-state index in [2.05, 4.69) is 144 Å². The van der Waals surface area contributed by atoms with Crippen molar-refractivity contribution >= 4 is 21.8 Å². The first-order chi connectivity index (χ1) is 23.0. The molecule has 0 saturated heterocycles. The third kappa shape index (κ3) is 6.49. The molecule has 0 amide bonds. The molecule has 0 unspecified atom stereocenters. The van der Waals surface area contributed by atoms with Gasteiger partial charge in [0.15, 0.2) is 0 Å². The molecule has 3 heterocycles. The van der Waals surface area contributed by atoms with Crippen molar-refractivity contribution in [2.45, 2.75) is 72.6 Å². The average molecular weight is 826 g/mol. The SMILES string of the molecule is Cc1ccc(-c2c(C(C)C)nn(-c3[c-]c(Oc4[c-]c5c(cc4)c4ccccc4n5-c4cc(C(C)(C)C)ccn4)ccc3)c2C(C)C)cc1.[Pt+2]. The van der Waals surface area contributed by atoms with Crippen molar-refractivity contribution in [2.24, 2.45) is 0 Å². The van der Waals surface area contributed by atoms with E-state index in [1.54, 1.807) is 0 Å². The number of fused-ring (bicyclic) bond motifs is 3. The third-order valence-corrected chi connectivity index (χ3v) is 8.98. The summed E-state index contributed by atoms with van der Waals surface area (Å²) in [5, 5.41) is 7.44. The van der Waals surface area contributed by atoms with E-state index in [-0.39, 0.29) is 38.3 Å². The Morgan fingerprint density at radius 3 is 2.20 bits per heavy atom. The van der Waals surface area contributed by atoms with E-state index in [1.165, 1.54) is 27.9 Å². The van der Waals surface area contributed by atoms with E-state index in [1.807, 2.05) is 30.5 Å². The van der Waals surface area contributed by atoms with Crippen LogP contribution >= 0.6 is 0 Å². The van der Waals surface area contributed by atoms with Crippen LogP contribution in [0.25, 0.3) is 44.4 Å². The molecule has 0 bridgehead atoms. The van der Waals surface area contributed by atoms with E-state index < -0.39 is 0 Å². The zero-order valence-electron chi connectivity index (χ0n) is 29.4. The van der Waals surface area contributed by atoms with Gasteiger partial charge in [-0.05, 0) is 64.6 Å². The largest absolute Gasteiger partial charge is 2.00 e. The molecule has 0 atom stereocenters. The first-order valence-corrected chi connectivity index (χ1v) is 16.8. The fourth-order valence-corrected chi connectivity index (χ4v) is 6.50. The fourth-order valence-electron chi connectivity index (χ4n) is 6.50. The molecule has 0 radical (unpaired) electrons. The summed E-state index contributed by atoms with van der Waals surface area (Å²) in [6, 6.07) is 38.7. The zero-order chi connectivity index (χ0) is 33.7. The molecule has 4 aromatic carbocycles. The summed E-state index contributed by atoms with van der Waals surface area (Å²) in [6.07, 6.45) is 1.90. The monoisotopic (exact) mass is 825 g/mol. The summed E-state index contributed by atoms with van der Waals surface area (Å²) < 4.78 is 10.8. The maximum Gasteiger partial charge on any atom is 2.00 e. The van der Waals surface area contributed by atoms with Crippen molar-refractivity contribution in [2.75, 3.05) is 0 Å². The number of para-hydroxylation sites is 1. The van der Waals surface area contributed by atoms with Crippen LogP contribution < -0.4 is 4.74 Å². The Morgan fingerprint density at radius 2 is 1.49 bits per heavy atom. The molecule has 0 aliphatic carbocycles. The van der Waals surface area contributed by atoms with Gasteiger partial charge < -0.3 is 9.30 Å². The standard InChI is InChI=1S/C43H42N4O.Pt/c1-27(2)41-40(30-18-16-29(5)17-19-30)42(28(3)4)47(45-41)32-12-11-13-33(25-32)48-34-20-21-36-35-14-9-10-15-37(35)46(38(36)26-34)39-24-31(22-23-44-39)43(6,7)8;/h9-24,27-28H,1-8H3;/q-2;+2. The van der Waals surface area contributed by atoms with Gasteiger partial charge in [0.05, 0.1) is 11.4 Å². The molecule has 0 spiro atoms. The molecule has 6 heteroatoms. The van der Waals surface area contributed by atoms with Crippen LogP contribution in [-0.2, 0) is 26.5 Å². The topological polar surface area (TPSA) is 44.9 Å². The van der Waals surface area contributed by atoms with Crippen LogP contribution in [-0.4, -0.2) is 19.3 Å². The van der Waals surface area contributed by atoms with Gasteiger partial charge in [0, 0.05) is 28.8 Å². The summed E-state index contributed by atoms with van der Waals surface area (Å²) >= 11 is 0. The number of aromatic nitrogens is 4. The van der Waals surface area contributed by atoms with E-state index in [0.29, 0.717) is 11.5 Å². The van der Waals surface area contributed by atoms with Gasteiger partial charge in [0.25, 0.3) is 0 Å². The van der Waals surface area contributed by atoms with Crippen molar-refractivity contribution in [1.29, 1.82) is 0 Å². The van der Waals surface area contributed by atoms with E-state index in [9.17, 15) is 0 Å². The van der Waals surface area contributed by atoms with Crippen LogP contribution in [0.5, 0.6) is 11.5 Å². The maximum absolute atomic E-state index is 6.51. The van der Waals surface area contributed by atoms with Gasteiger partial charge in [-0.2, -0.15) is 17.2 Å². The van der Waals surface area contributed by atoms with Crippen LogP contribution in [0.3, 0.4) is 0 Å². The van der Waals surface area contributed by atoms with Crippen molar-refractivity contribution < 1.29 is 25.8 Å². The summed E-state index contributed by atoms with van der Waals surface area (Å²) in [4.78, 5) is 4.81. The third-order valence-electron chi connectivity index (χ3n) is 8.98. The Kier molecular flexibility index (Phi) is 9.44. The Labute approximate surface area is 304 Å². The molecule has 7 rings (SSSR count). The second-order valence-electron chi connectivity index (χ2n) is 14.3. The van der Waals surface area contributed by atoms with Crippen molar-refractivity contribution in [3.05, 3.63) is 132 Å². The molecule has 0 aliphatic heterocycles. The number of hydrogen-bond donors (Lipinski definition) is 0. The molecule has 7 aromatic rings. The first kappa shape index (κ1) is 34.4. The molecule has 0 N–H and O–H groups in total. The number of benzene rings is 4. The van der Waals surface area contributed by atoms with Gasteiger partial charge >= 0.3 is 21.1 Å². The maximum atomic E-state index is 6.51. The normalized spacial score (nSPS) is 11.9. The second kappa shape index (κ2) is 13.4. The molecule has 0 saturated carbocycles. The van der Waals surface area contributed by atoms with Gasteiger partial charge in [0.2, 0.25) is 0 Å². The van der Waals surface area contributed by atoms with E-state index >= 15 is 0 Å². The average Bonchev–Trinajstić information content (AvgIpc) is 3.62. The van der Waals surface area contributed by atoms with Crippen molar-refractivity contribution in [1.82, 2.24) is 19.3 Å². The summed E-state index contributed by atoms with van der Waals surface area (Å²) in [5.74, 6) is 2.57. The van der Waals surface area contributed by atoms with Crippen LogP contribution in [0, 0.1) is 19.1 Å². The minimum atomic E-state index is -0.00384. The van der Waals surface area contributed by atoms with Crippen LogP contribution in [0.1, 0.15) is 82.8 Å². The van der Waals surface area contributed by atoms with Crippen LogP contribution in [0.15, 0.2) is 97.2 Å². The predicted octanol–water partition coefficient (Wildman–Crippen LogP) is 11.3. The van der Waals surface area contributed by atoms with Crippen LogP contribution in [0.4, 0.5) is 0 Å².